The zero-order valence-corrected chi connectivity index (χ0v) is 12.3. The summed E-state index contributed by atoms with van der Waals surface area (Å²) >= 11 is 1.78. The van der Waals surface area contributed by atoms with Gasteiger partial charge >= 0.3 is 0 Å². The molecule has 2 N–H and O–H groups in total. The third kappa shape index (κ3) is 3.11. The van der Waals surface area contributed by atoms with Crippen molar-refractivity contribution in [2.45, 2.75) is 25.3 Å². The van der Waals surface area contributed by atoms with Gasteiger partial charge < -0.3 is 10.5 Å². The Labute approximate surface area is 117 Å². The second-order valence-electron chi connectivity index (χ2n) is 4.22. The van der Waals surface area contributed by atoms with Crippen LogP contribution in [0.5, 0.6) is 11.6 Å². The summed E-state index contributed by atoms with van der Waals surface area (Å²) in [6, 6.07) is 7.94. The predicted octanol–water partition coefficient (Wildman–Crippen LogP) is 3.09. The molecule has 0 radical (unpaired) electrons. The molecule has 0 saturated carbocycles. The standard InChI is InChI=1S/C14H19N3OS/c1-4-19-13-7-5-6-12(11(13)9-15)18-14-8-10(2)16-17(14)3/h5-8H,4,9,15H2,1-3H3. The van der Waals surface area contributed by atoms with Crippen LogP contribution in [-0.4, -0.2) is 15.5 Å². The van der Waals surface area contributed by atoms with Crippen LogP contribution in [0, 0.1) is 6.92 Å². The molecule has 0 aliphatic heterocycles. The number of aromatic nitrogens is 2. The van der Waals surface area contributed by atoms with Crippen molar-refractivity contribution >= 4 is 11.8 Å². The van der Waals surface area contributed by atoms with Crippen LogP contribution in [0.4, 0.5) is 0 Å². The fraction of sp³-hybridized carbons (Fsp3) is 0.357. The Kier molecular flexibility index (Phi) is 4.50. The van der Waals surface area contributed by atoms with E-state index in [1.807, 2.05) is 32.2 Å². The summed E-state index contributed by atoms with van der Waals surface area (Å²) in [7, 11) is 1.87. The Hall–Kier alpha value is -1.46. The second kappa shape index (κ2) is 6.12. The van der Waals surface area contributed by atoms with E-state index >= 15 is 0 Å². The molecule has 1 heterocycles. The average molecular weight is 277 g/mol. The molecule has 0 fully saturated rings. The first-order chi connectivity index (χ1) is 9.15. The van der Waals surface area contributed by atoms with Crippen LogP contribution < -0.4 is 10.5 Å². The van der Waals surface area contributed by atoms with Gasteiger partial charge in [0.25, 0.3) is 0 Å². The normalized spacial score (nSPS) is 10.7. The van der Waals surface area contributed by atoms with Crippen molar-refractivity contribution in [2.24, 2.45) is 12.8 Å². The van der Waals surface area contributed by atoms with Crippen molar-refractivity contribution in [3.8, 4) is 11.6 Å². The van der Waals surface area contributed by atoms with E-state index in [2.05, 4.69) is 18.1 Å². The Bertz CT molecular complexity index is 566. The molecular weight excluding hydrogens is 258 g/mol. The van der Waals surface area contributed by atoms with Gasteiger partial charge in [0.05, 0.1) is 5.69 Å². The molecule has 0 amide bonds. The number of thioether (sulfide) groups is 1. The van der Waals surface area contributed by atoms with Crippen LogP contribution in [0.15, 0.2) is 29.2 Å². The average Bonchev–Trinajstić information content (AvgIpc) is 2.69. The van der Waals surface area contributed by atoms with Crippen molar-refractivity contribution in [3.05, 3.63) is 35.5 Å². The number of aryl methyl sites for hydroxylation is 2. The molecule has 1 aromatic carbocycles. The first-order valence-corrected chi connectivity index (χ1v) is 7.27. The van der Waals surface area contributed by atoms with Crippen LogP contribution in [0.25, 0.3) is 0 Å². The van der Waals surface area contributed by atoms with E-state index < -0.39 is 0 Å². The molecule has 0 aliphatic carbocycles. The summed E-state index contributed by atoms with van der Waals surface area (Å²) < 4.78 is 7.68. The van der Waals surface area contributed by atoms with Gasteiger partial charge in [-0.1, -0.05) is 13.0 Å². The van der Waals surface area contributed by atoms with Crippen molar-refractivity contribution < 1.29 is 4.74 Å². The number of rotatable bonds is 5. The monoisotopic (exact) mass is 277 g/mol. The lowest BCUT2D eigenvalue weighted by atomic mass is 10.2. The largest absolute Gasteiger partial charge is 0.439 e. The van der Waals surface area contributed by atoms with E-state index in [-0.39, 0.29) is 0 Å². The van der Waals surface area contributed by atoms with Crippen LogP contribution >= 0.6 is 11.8 Å². The Morgan fingerprint density at radius 1 is 1.42 bits per heavy atom. The molecule has 19 heavy (non-hydrogen) atoms. The summed E-state index contributed by atoms with van der Waals surface area (Å²) in [6.07, 6.45) is 0. The van der Waals surface area contributed by atoms with E-state index in [4.69, 9.17) is 10.5 Å². The maximum Gasteiger partial charge on any atom is 0.217 e. The van der Waals surface area contributed by atoms with Crippen LogP contribution in [0.3, 0.4) is 0 Å². The first-order valence-electron chi connectivity index (χ1n) is 6.29. The van der Waals surface area contributed by atoms with E-state index in [0.29, 0.717) is 6.54 Å². The molecule has 102 valence electrons. The third-order valence-electron chi connectivity index (χ3n) is 2.77. The minimum atomic E-state index is 0.468. The number of hydrogen-bond donors (Lipinski definition) is 1. The molecule has 5 heteroatoms. The summed E-state index contributed by atoms with van der Waals surface area (Å²) in [5.74, 6) is 2.55. The van der Waals surface area contributed by atoms with Gasteiger partial charge in [-0.05, 0) is 24.8 Å². The topological polar surface area (TPSA) is 53.1 Å². The van der Waals surface area contributed by atoms with E-state index in [9.17, 15) is 0 Å². The molecule has 0 saturated heterocycles. The van der Waals surface area contributed by atoms with E-state index in [1.165, 1.54) is 4.90 Å². The zero-order chi connectivity index (χ0) is 13.8. The van der Waals surface area contributed by atoms with Gasteiger partial charge in [-0.25, -0.2) is 4.68 Å². The van der Waals surface area contributed by atoms with Crippen molar-refractivity contribution in [1.29, 1.82) is 0 Å². The quantitative estimate of drug-likeness (QED) is 0.853. The highest BCUT2D eigenvalue weighted by molar-refractivity contribution is 7.99. The lowest BCUT2D eigenvalue weighted by molar-refractivity contribution is 0.424. The zero-order valence-electron chi connectivity index (χ0n) is 11.5. The van der Waals surface area contributed by atoms with Gasteiger partial charge in [-0.2, -0.15) is 5.10 Å². The Balaban J connectivity index is 2.34. The number of benzene rings is 1. The van der Waals surface area contributed by atoms with Crippen molar-refractivity contribution in [3.63, 3.8) is 0 Å². The van der Waals surface area contributed by atoms with E-state index in [1.54, 1.807) is 16.4 Å². The smallest absolute Gasteiger partial charge is 0.217 e. The van der Waals surface area contributed by atoms with Gasteiger partial charge in [-0.3, -0.25) is 0 Å². The minimum absolute atomic E-state index is 0.468. The molecule has 4 nitrogen and oxygen atoms in total. The molecule has 0 aliphatic rings. The summed E-state index contributed by atoms with van der Waals surface area (Å²) in [5, 5.41) is 4.28. The molecule has 0 bridgehead atoms. The van der Waals surface area contributed by atoms with Crippen LogP contribution in [0.1, 0.15) is 18.2 Å². The fourth-order valence-electron chi connectivity index (χ4n) is 1.93. The third-order valence-corrected chi connectivity index (χ3v) is 3.75. The fourth-order valence-corrected chi connectivity index (χ4v) is 2.77. The van der Waals surface area contributed by atoms with Crippen molar-refractivity contribution in [2.75, 3.05) is 5.75 Å². The minimum Gasteiger partial charge on any atom is -0.439 e. The SMILES string of the molecule is CCSc1cccc(Oc2cc(C)nn2C)c1CN. The van der Waals surface area contributed by atoms with Gasteiger partial charge in [-0.15, -0.1) is 11.8 Å². The predicted molar refractivity (Wildman–Crippen MR) is 78.8 cm³/mol. The number of hydrogen-bond acceptors (Lipinski definition) is 4. The molecule has 0 atom stereocenters. The molecule has 2 rings (SSSR count). The molecule has 1 aromatic heterocycles. The Morgan fingerprint density at radius 3 is 2.79 bits per heavy atom. The maximum atomic E-state index is 5.95. The number of nitrogens with two attached hydrogens (primary N) is 1. The summed E-state index contributed by atoms with van der Waals surface area (Å²) in [6.45, 7) is 4.54. The summed E-state index contributed by atoms with van der Waals surface area (Å²) in [5.41, 5.74) is 7.85. The van der Waals surface area contributed by atoms with Gasteiger partial charge in [0.1, 0.15) is 5.75 Å². The van der Waals surface area contributed by atoms with Gasteiger partial charge in [0.15, 0.2) is 0 Å². The lowest BCUT2D eigenvalue weighted by Gasteiger charge is -2.13. The molecule has 2 aromatic rings. The molecule has 0 unspecified atom stereocenters. The number of nitrogens with zero attached hydrogens (tertiary/aromatic N) is 2. The highest BCUT2D eigenvalue weighted by Crippen LogP contribution is 2.32. The van der Waals surface area contributed by atoms with Crippen LogP contribution in [-0.2, 0) is 13.6 Å². The lowest BCUT2D eigenvalue weighted by Crippen LogP contribution is -2.03. The van der Waals surface area contributed by atoms with E-state index in [0.717, 1.165) is 28.6 Å². The van der Waals surface area contributed by atoms with Gasteiger partial charge in [0, 0.05) is 30.1 Å². The number of ether oxygens (including phenoxy) is 1. The second-order valence-corrected chi connectivity index (χ2v) is 5.53. The molecule has 0 spiro atoms. The van der Waals surface area contributed by atoms with Gasteiger partial charge in [0.2, 0.25) is 5.88 Å². The summed E-state index contributed by atoms with van der Waals surface area (Å²) in [4.78, 5) is 1.18. The maximum absolute atomic E-state index is 5.95. The highest BCUT2D eigenvalue weighted by Gasteiger charge is 2.11. The van der Waals surface area contributed by atoms with Crippen LogP contribution in [0.2, 0.25) is 0 Å². The Morgan fingerprint density at radius 2 is 2.21 bits per heavy atom. The van der Waals surface area contributed by atoms with Crippen molar-refractivity contribution in [1.82, 2.24) is 9.78 Å². The first kappa shape index (κ1) is 14.0. The molecular formula is C14H19N3OS. The highest BCUT2D eigenvalue weighted by atomic mass is 32.2.